The Kier molecular flexibility index (Phi) is 3.64. The summed E-state index contributed by atoms with van der Waals surface area (Å²) in [5.41, 5.74) is 5.61. The molecule has 76 valence electrons. The molecule has 0 aromatic rings. The van der Waals surface area contributed by atoms with E-state index in [1.807, 2.05) is 0 Å². The van der Waals surface area contributed by atoms with Gasteiger partial charge in [-0.2, -0.15) is 0 Å². The highest BCUT2D eigenvalue weighted by Gasteiger charge is 2.27. The molecule has 2 atom stereocenters. The summed E-state index contributed by atoms with van der Waals surface area (Å²) >= 11 is 4.98. The van der Waals surface area contributed by atoms with E-state index in [0.717, 1.165) is 13.1 Å². The molecule has 1 fully saturated rings. The van der Waals surface area contributed by atoms with Gasteiger partial charge in [-0.05, 0) is 27.4 Å². The second-order valence-corrected chi connectivity index (χ2v) is 4.45. The van der Waals surface area contributed by atoms with Crippen molar-refractivity contribution in [3.8, 4) is 0 Å². The molecule has 1 aliphatic heterocycles. The van der Waals surface area contributed by atoms with Crippen molar-refractivity contribution in [1.82, 2.24) is 9.80 Å². The van der Waals surface area contributed by atoms with E-state index in [1.54, 1.807) is 0 Å². The van der Waals surface area contributed by atoms with Crippen molar-refractivity contribution in [3.05, 3.63) is 0 Å². The SMILES string of the molecule is CC(C(N)=S)N1CCC(N(C)C)C1. The first kappa shape index (κ1) is 10.9. The third-order valence-electron chi connectivity index (χ3n) is 2.88. The zero-order chi connectivity index (χ0) is 10.0. The van der Waals surface area contributed by atoms with Gasteiger partial charge in [0.05, 0.1) is 11.0 Å². The third-order valence-corrected chi connectivity index (χ3v) is 3.23. The van der Waals surface area contributed by atoms with Crippen LogP contribution in [0.2, 0.25) is 0 Å². The second-order valence-electron chi connectivity index (χ2n) is 3.98. The zero-order valence-corrected chi connectivity index (χ0v) is 9.47. The Hall–Kier alpha value is -0.190. The summed E-state index contributed by atoms with van der Waals surface area (Å²) in [6, 6.07) is 0.914. The van der Waals surface area contributed by atoms with Crippen LogP contribution < -0.4 is 5.73 Å². The quantitative estimate of drug-likeness (QED) is 0.666. The minimum absolute atomic E-state index is 0.250. The highest BCUT2D eigenvalue weighted by molar-refractivity contribution is 7.80. The van der Waals surface area contributed by atoms with E-state index in [1.165, 1.54) is 6.42 Å². The Morgan fingerprint density at radius 1 is 1.62 bits per heavy atom. The van der Waals surface area contributed by atoms with Crippen molar-refractivity contribution in [1.29, 1.82) is 0 Å². The van der Waals surface area contributed by atoms with Crippen molar-refractivity contribution in [3.63, 3.8) is 0 Å². The van der Waals surface area contributed by atoms with E-state index >= 15 is 0 Å². The molecule has 0 radical (unpaired) electrons. The lowest BCUT2D eigenvalue weighted by Crippen LogP contribution is -2.42. The number of nitrogens with two attached hydrogens (primary N) is 1. The Morgan fingerprint density at radius 3 is 2.62 bits per heavy atom. The van der Waals surface area contributed by atoms with Crippen molar-refractivity contribution in [2.75, 3.05) is 27.2 Å². The first-order valence-electron chi connectivity index (χ1n) is 4.72. The smallest absolute Gasteiger partial charge is 0.0899 e. The third kappa shape index (κ3) is 2.62. The average Bonchev–Trinajstić information content (AvgIpc) is 2.50. The van der Waals surface area contributed by atoms with Crippen LogP contribution in [0.15, 0.2) is 0 Å². The number of hydrogen-bond donors (Lipinski definition) is 1. The van der Waals surface area contributed by atoms with Gasteiger partial charge in [-0.25, -0.2) is 0 Å². The van der Waals surface area contributed by atoms with Crippen LogP contribution in [0.3, 0.4) is 0 Å². The standard InChI is InChI=1S/C9H19N3S/c1-7(9(10)13)12-5-4-8(6-12)11(2)3/h7-8H,4-6H2,1-3H3,(H2,10,13). The zero-order valence-electron chi connectivity index (χ0n) is 8.66. The van der Waals surface area contributed by atoms with E-state index in [9.17, 15) is 0 Å². The first-order chi connectivity index (χ1) is 6.02. The Balaban J connectivity index is 2.45. The molecule has 13 heavy (non-hydrogen) atoms. The number of rotatable bonds is 3. The van der Waals surface area contributed by atoms with Crippen molar-refractivity contribution in [2.45, 2.75) is 25.4 Å². The fourth-order valence-electron chi connectivity index (χ4n) is 1.72. The number of likely N-dealkylation sites (tertiary alicyclic amines) is 1. The normalized spacial score (nSPS) is 26.6. The molecule has 3 nitrogen and oxygen atoms in total. The molecule has 2 unspecified atom stereocenters. The summed E-state index contributed by atoms with van der Waals surface area (Å²) in [6.45, 7) is 4.28. The maximum absolute atomic E-state index is 5.61. The minimum atomic E-state index is 0.250. The van der Waals surface area contributed by atoms with Crippen molar-refractivity contribution >= 4 is 17.2 Å². The molecule has 0 aliphatic carbocycles. The van der Waals surface area contributed by atoms with Gasteiger partial charge < -0.3 is 10.6 Å². The van der Waals surface area contributed by atoms with Crippen LogP contribution in [0.4, 0.5) is 0 Å². The maximum atomic E-state index is 5.61. The highest BCUT2D eigenvalue weighted by Crippen LogP contribution is 2.15. The molecule has 1 aliphatic rings. The van der Waals surface area contributed by atoms with Crippen LogP contribution in [-0.2, 0) is 0 Å². The van der Waals surface area contributed by atoms with Crippen LogP contribution in [0, 0.1) is 0 Å². The highest BCUT2D eigenvalue weighted by atomic mass is 32.1. The fourth-order valence-corrected chi connectivity index (χ4v) is 1.87. The molecule has 0 aromatic carbocycles. The fraction of sp³-hybridized carbons (Fsp3) is 0.889. The maximum Gasteiger partial charge on any atom is 0.0899 e. The van der Waals surface area contributed by atoms with Gasteiger partial charge in [-0.3, -0.25) is 4.90 Å². The van der Waals surface area contributed by atoms with E-state index in [4.69, 9.17) is 18.0 Å². The van der Waals surface area contributed by atoms with Crippen LogP contribution in [0.5, 0.6) is 0 Å². The summed E-state index contributed by atoms with van der Waals surface area (Å²) in [7, 11) is 4.25. The lowest BCUT2D eigenvalue weighted by atomic mass is 10.2. The van der Waals surface area contributed by atoms with E-state index in [-0.39, 0.29) is 6.04 Å². The van der Waals surface area contributed by atoms with Crippen molar-refractivity contribution in [2.24, 2.45) is 5.73 Å². The molecule has 1 saturated heterocycles. The molecule has 0 spiro atoms. The second kappa shape index (κ2) is 4.35. The van der Waals surface area contributed by atoms with Crippen LogP contribution in [-0.4, -0.2) is 54.1 Å². The number of nitrogens with zero attached hydrogens (tertiary/aromatic N) is 2. The average molecular weight is 201 g/mol. The molecule has 1 heterocycles. The summed E-state index contributed by atoms with van der Waals surface area (Å²) in [5, 5.41) is 0. The van der Waals surface area contributed by atoms with E-state index in [2.05, 4.69) is 30.8 Å². The molecule has 0 amide bonds. The molecule has 0 aromatic heterocycles. The minimum Gasteiger partial charge on any atom is -0.392 e. The molecule has 0 bridgehead atoms. The van der Waals surface area contributed by atoms with Gasteiger partial charge in [-0.1, -0.05) is 12.2 Å². The van der Waals surface area contributed by atoms with Gasteiger partial charge in [0, 0.05) is 19.1 Å². The van der Waals surface area contributed by atoms with Crippen LogP contribution >= 0.6 is 12.2 Å². The van der Waals surface area contributed by atoms with Gasteiger partial charge in [0.2, 0.25) is 0 Å². The van der Waals surface area contributed by atoms with E-state index < -0.39 is 0 Å². The van der Waals surface area contributed by atoms with Crippen LogP contribution in [0.1, 0.15) is 13.3 Å². The lowest BCUT2D eigenvalue weighted by molar-refractivity contribution is 0.258. The number of likely N-dealkylation sites (N-methyl/N-ethyl adjacent to an activating group) is 1. The summed E-state index contributed by atoms with van der Waals surface area (Å²) in [5.74, 6) is 0. The van der Waals surface area contributed by atoms with Gasteiger partial charge >= 0.3 is 0 Å². The van der Waals surface area contributed by atoms with Crippen molar-refractivity contribution < 1.29 is 0 Å². The number of thiocarbonyl (C=S) groups is 1. The Morgan fingerprint density at radius 2 is 2.23 bits per heavy atom. The molecular formula is C9H19N3S. The van der Waals surface area contributed by atoms with Crippen LogP contribution in [0.25, 0.3) is 0 Å². The number of hydrogen-bond acceptors (Lipinski definition) is 3. The summed E-state index contributed by atoms with van der Waals surface area (Å²) in [4.78, 5) is 5.23. The van der Waals surface area contributed by atoms with Gasteiger partial charge in [0.25, 0.3) is 0 Å². The molecular weight excluding hydrogens is 182 g/mol. The molecule has 4 heteroatoms. The van der Waals surface area contributed by atoms with E-state index in [0.29, 0.717) is 11.0 Å². The van der Waals surface area contributed by atoms with Gasteiger partial charge in [0.15, 0.2) is 0 Å². The van der Waals surface area contributed by atoms with Gasteiger partial charge in [-0.15, -0.1) is 0 Å². The molecule has 1 rings (SSSR count). The predicted octanol–water partition coefficient (Wildman–Crippen LogP) is 0.297. The predicted molar refractivity (Wildman–Crippen MR) is 59.9 cm³/mol. The van der Waals surface area contributed by atoms with Gasteiger partial charge in [0.1, 0.15) is 0 Å². The molecule has 2 N–H and O–H groups in total. The molecule has 0 saturated carbocycles. The topological polar surface area (TPSA) is 32.5 Å². The lowest BCUT2D eigenvalue weighted by Gasteiger charge is -2.24. The summed E-state index contributed by atoms with van der Waals surface area (Å²) in [6.07, 6.45) is 1.22. The monoisotopic (exact) mass is 201 g/mol. The Labute approximate surface area is 85.9 Å². The summed E-state index contributed by atoms with van der Waals surface area (Å²) < 4.78 is 0. The Bertz CT molecular complexity index is 193. The first-order valence-corrected chi connectivity index (χ1v) is 5.13. The largest absolute Gasteiger partial charge is 0.392 e.